The van der Waals surface area contributed by atoms with E-state index in [-0.39, 0.29) is 0 Å². The van der Waals surface area contributed by atoms with E-state index in [1.165, 1.54) is 17.2 Å². The molecule has 0 heterocycles. The predicted molar refractivity (Wildman–Crippen MR) is 59.7 cm³/mol. The molecule has 2 rings (SSSR count). The van der Waals surface area contributed by atoms with Gasteiger partial charge in [-0.05, 0) is 42.9 Å². The minimum Gasteiger partial charge on any atom is -0.478 e. The van der Waals surface area contributed by atoms with Crippen molar-refractivity contribution in [3.8, 4) is 0 Å². The largest absolute Gasteiger partial charge is 0.478 e. The fourth-order valence-corrected chi connectivity index (χ4v) is 2.11. The van der Waals surface area contributed by atoms with Crippen LogP contribution < -0.4 is 0 Å². The molecule has 0 aliphatic heterocycles. The van der Waals surface area contributed by atoms with Crippen LogP contribution in [0.5, 0.6) is 0 Å². The summed E-state index contributed by atoms with van der Waals surface area (Å²) in [5.41, 5.74) is 4.56. The summed E-state index contributed by atoms with van der Waals surface area (Å²) < 4.78 is 0. The van der Waals surface area contributed by atoms with Crippen molar-refractivity contribution in [2.75, 3.05) is 0 Å². The number of carboxylic acids is 1. The zero-order valence-corrected chi connectivity index (χ0v) is 8.79. The molecule has 1 N–H and O–H groups in total. The van der Waals surface area contributed by atoms with Crippen LogP contribution in [0, 0.1) is 6.92 Å². The molecule has 2 nitrogen and oxygen atoms in total. The van der Waals surface area contributed by atoms with Crippen molar-refractivity contribution in [3.05, 3.63) is 41.0 Å². The molecule has 1 aliphatic carbocycles. The van der Waals surface area contributed by atoms with Crippen molar-refractivity contribution in [2.24, 2.45) is 0 Å². The normalized spacial score (nSPS) is 17.5. The summed E-state index contributed by atoms with van der Waals surface area (Å²) >= 11 is 0. The van der Waals surface area contributed by atoms with Gasteiger partial charge in [0.15, 0.2) is 0 Å². The van der Waals surface area contributed by atoms with Gasteiger partial charge >= 0.3 is 5.97 Å². The van der Waals surface area contributed by atoms with E-state index in [4.69, 9.17) is 5.11 Å². The molecule has 0 bridgehead atoms. The minimum atomic E-state index is -0.848. The molecule has 0 fully saturated rings. The third-order valence-corrected chi connectivity index (χ3v) is 2.80. The highest BCUT2D eigenvalue weighted by molar-refractivity contribution is 5.91. The number of carboxylic acid groups (broad SMARTS) is 1. The SMILES string of the molecule is Cc1ccc2c(c1)/C(=C/C(=O)O)CCC2. The number of hydrogen-bond acceptors (Lipinski definition) is 1. The van der Waals surface area contributed by atoms with Crippen LogP contribution >= 0.6 is 0 Å². The maximum absolute atomic E-state index is 10.7. The summed E-state index contributed by atoms with van der Waals surface area (Å²) in [6.45, 7) is 2.03. The van der Waals surface area contributed by atoms with Gasteiger partial charge in [-0.1, -0.05) is 23.8 Å². The average molecular weight is 202 g/mol. The highest BCUT2D eigenvalue weighted by Gasteiger charge is 2.14. The van der Waals surface area contributed by atoms with Gasteiger partial charge in [-0.25, -0.2) is 4.79 Å². The van der Waals surface area contributed by atoms with Crippen LogP contribution in [0.2, 0.25) is 0 Å². The second kappa shape index (κ2) is 3.89. The molecule has 0 aromatic heterocycles. The lowest BCUT2D eigenvalue weighted by atomic mass is 9.86. The third-order valence-electron chi connectivity index (χ3n) is 2.80. The smallest absolute Gasteiger partial charge is 0.328 e. The first-order chi connectivity index (χ1) is 7.16. The first-order valence-electron chi connectivity index (χ1n) is 5.20. The number of fused-ring (bicyclic) bond motifs is 1. The fourth-order valence-electron chi connectivity index (χ4n) is 2.11. The van der Waals surface area contributed by atoms with Crippen molar-refractivity contribution in [1.82, 2.24) is 0 Å². The Morgan fingerprint density at radius 2 is 2.20 bits per heavy atom. The minimum absolute atomic E-state index is 0.848. The number of aryl methyl sites for hydroxylation is 2. The predicted octanol–water partition coefficient (Wildman–Crippen LogP) is 2.80. The molecule has 1 aromatic rings. The van der Waals surface area contributed by atoms with E-state index in [1.807, 2.05) is 6.92 Å². The standard InChI is InChI=1S/C13H14O2/c1-9-5-6-10-3-2-4-11(8-13(14)15)12(10)7-9/h5-8H,2-4H2,1H3,(H,14,15)/b11-8+. The van der Waals surface area contributed by atoms with Gasteiger partial charge in [-0.2, -0.15) is 0 Å². The molecule has 0 atom stereocenters. The van der Waals surface area contributed by atoms with E-state index in [0.717, 1.165) is 30.4 Å². The van der Waals surface area contributed by atoms with Crippen molar-refractivity contribution in [3.63, 3.8) is 0 Å². The number of benzene rings is 1. The average Bonchev–Trinajstić information content (AvgIpc) is 2.18. The highest BCUT2D eigenvalue weighted by Crippen LogP contribution is 2.31. The molecular weight excluding hydrogens is 188 g/mol. The lowest BCUT2D eigenvalue weighted by molar-refractivity contribution is -0.131. The molecule has 0 spiro atoms. The van der Waals surface area contributed by atoms with Crippen LogP contribution in [-0.4, -0.2) is 11.1 Å². The Morgan fingerprint density at radius 1 is 1.40 bits per heavy atom. The second-order valence-electron chi connectivity index (χ2n) is 4.02. The van der Waals surface area contributed by atoms with Crippen molar-refractivity contribution in [2.45, 2.75) is 26.2 Å². The van der Waals surface area contributed by atoms with Crippen LogP contribution in [0.4, 0.5) is 0 Å². The molecule has 2 heteroatoms. The molecule has 0 unspecified atom stereocenters. The van der Waals surface area contributed by atoms with Crippen molar-refractivity contribution >= 4 is 11.5 Å². The number of rotatable bonds is 1. The third kappa shape index (κ3) is 2.09. The van der Waals surface area contributed by atoms with Crippen molar-refractivity contribution in [1.29, 1.82) is 0 Å². The summed E-state index contributed by atoms with van der Waals surface area (Å²) in [6.07, 6.45) is 4.34. The molecule has 15 heavy (non-hydrogen) atoms. The molecule has 0 saturated heterocycles. The molecule has 0 amide bonds. The van der Waals surface area contributed by atoms with Crippen LogP contribution in [0.15, 0.2) is 24.3 Å². The summed E-state index contributed by atoms with van der Waals surface area (Å²) in [7, 11) is 0. The van der Waals surface area contributed by atoms with Crippen molar-refractivity contribution < 1.29 is 9.90 Å². The number of allylic oxidation sites excluding steroid dienone is 1. The van der Waals surface area contributed by atoms with E-state index >= 15 is 0 Å². The van der Waals surface area contributed by atoms with E-state index in [2.05, 4.69) is 18.2 Å². The fraction of sp³-hybridized carbons (Fsp3) is 0.308. The van der Waals surface area contributed by atoms with Gasteiger partial charge in [0.1, 0.15) is 0 Å². The molecule has 78 valence electrons. The Hall–Kier alpha value is -1.57. The van der Waals surface area contributed by atoms with Crippen LogP contribution in [-0.2, 0) is 11.2 Å². The Morgan fingerprint density at radius 3 is 2.93 bits per heavy atom. The van der Waals surface area contributed by atoms with E-state index < -0.39 is 5.97 Å². The topological polar surface area (TPSA) is 37.3 Å². The van der Waals surface area contributed by atoms with Gasteiger partial charge in [-0.3, -0.25) is 0 Å². The van der Waals surface area contributed by atoms with Gasteiger partial charge < -0.3 is 5.11 Å². The molecule has 0 saturated carbocycles. The quantitative estimate of drug-likeness (QED) is 0.711. The molecule has 0 radical (unpaired) electrons. The maximum Gasteiger partial charge on any atom is 0.328 e. The zero-order valence-electron chi connectivity index (χ0n) is 8.79. The van der Waals surface area contributed by atoms with Crippen LogP contribution in [0.3, 0.4) is 0 Å². The van der Waals surface area contributed by atoms with Crippen LogP contribution in [0.1, 0.15) is 29.5 Å². The summed E-state index contributed by atoms with van der Waals surface area (Å²) in [5.74, 6) is -0.848. The first kappa shape index (κ1) is 9.97. The monoisotopic (exact) mass is 202 g/mol. The van der Waals surface area contributed by atoms with E-state index in [0.29, 0.717) is 0 Å². The van der Waals surface area contributed by atoms with E-state index in [9.17, 15) is 4.79 Å². The van der Waals surface area contributed by atoms with Gasteiger partial charge in [0.05, 0.1) is 0 Å². The number of hydrogen-bond donors (Lipinski definition) is 1. The van der Waals surface area contributed by atoms with Gasteiger partial charge in [0.2, 0.25) is 0 Å². The Balaban J connectivity index is 2.49. The summed E-state index contributed by atoms with van der Waals surface area (Å²) in [5, 5.41) is 8.78. The summed E-state index contributed by atoms with van der Waals surface area (Å²) in [6, 6.07) is 6.28. The van der Waals surface area contributed by atoms with E-state index in [1.54, 1.807) is 0 Å². The van der Waals surface area contributed by atoms with Gasteiger partial charge in [-0.15, -0.1) is 0 Å². The van der Waals surface area contributed by atoms with Gasteiger partial charge in [0.25, 0.3) is 0 Å². The Kier molecular flexibility index (Phi) is 2.58. The number of carbonyl (C=O) groups is 1. The molecular formula is C13H14O2. The lowest BCUT2D eigenvalue weighted by Crippen LogP contribution is -2.04. The second-order valence-corrected chi connectivity index (χ2v) is 4.02. The zero-order chi connectivity index (χ0) is 10.8. The number of aliphatic carboxylic acids is 1. The lowest BCUT2D eigenvalue weighted by Gasteiger charge is -2.19. The maximum atomic E-state index is 10.7. The van der Waals surface area contributed by atoms with Crippen LogP contribution in [0.25, 0.3) is 5.57 Å². The van der Waals surface area contributed by atoms with Gasteiger partial charge in [0, 0.05) is 6.08 Å². The summed E-state index contributed by atoms with van der Waals surface area (Å²) in [4.78, 5) is 10.7. The first-order valence-corrected chi connectivity index (χ1v) is 5.20. The Labute approximate surface area is 89.2 Å². The highest BCUT2D eigenvalue weighted by atomic mass is 16.4. The molecule has 1 aromatic carbocycles. The Bertz CT molecular complexity index is 430. The molecule has 1 aliphatic rings.